The van der Waals surface area contributed by atoms with Crippen LogP contribution in [0.4, 0.5) is 5.69 Å². The minimum atomic E-state index is 0.236. The predicted octanol–water partition coefficient (Wildman–Crippen LogP) is 2.40. The molecule has 0 aromatic heterocycles. The first-order valence-electron chi connectivity index (χ1n) is 5.55. The van der Waals surface area contributed by atoms with Crippen LogP contribution in [0.1, 0.15) is 12.8 Å². The highest BCUT2D eigenvalue weighted by Gasteiger charge is 2.19. The van der Waals surface area contributed by atoms with Crippen molar-refractivity contribution in [1.82, 2.24) is 4.90 Å². The third-order valence-electron chi connectivity index (χ3n) is 2.83. The van der Waals surface area contributed by atoms with Crippen LogP contribution < -0.4 is 10.5 Å². The number of likely N-dealkylation sites (tertiary alicyclic amines) is 1. The van der Waals surface area contributed by atoms with E-state index in [9.17, 15) is 0 Å². The maximum atomic E-state index is 6.07. The Kier molecular flexibility index (Phi) is 3.56. The number of ether oxygens (including phenoxy) is 1. The van der Waals surface area contributed by atoms with Gasteiger partial charge in [0.05, 0.1) is 5.02 Å². The van der Waals surface area contributed by atoms with E-state index in [1.54, 1.807) is 6.07 Å². The van der Waals surface area contributed by atoms with Crippen LogP contribution in [0.25, 0.3) is 0 Å². The molecule has 1 aromatic rings. The van der Waals surface area contributed by atoms with E-state index >= 15 is 0 Å². The van der Waals surface area contributed by atoms with Crippen molar-refractivity contribution in [2.45, 2.75) is 18.9 Å². The van der Waals surface area contributed by atoms with Gasteiger partial charge >= 0.3 is 0 Å². The van der Waals surface area contributed by atoms with Crippen LogP contribution in [-0.4, -0.2) is 31.1 Å². The van der Waals surface area contributed by atoms with Crippen molar-refractivity contribution in [3.8, 4) is 5.75 Å². The Balaban J connectivity index is 2.02. The van der Waals surface area contributed by atoms with Gasteiger partial charge in [-0.15, -0.1) is 0 Å². The minimum Gasteiger partial charge on any atom is -0.488 e. The van der Waals surface area contributed by atoms with Crippen LogP contribution in [0.2, 0.25) is 5.02 Å². The van der Waals surface area contributed by atoms with Gasteiger partial charge in [0.25, 0.3) is 0 Å². The molecule has 1 fully saturated rings. The third-order valence-corrected chi connectivity index (χ3v) is 3.13. The highest BCUT2D eigenvalue weighted by atomic mass is 35.5. The van der Waals surface area contributed by atoms with E-state index in [2.05, 4.69) is 11.9 Å². The Labute approximate surface area is 101 Å². The highest BCUT2D eigenvalue weighted by Crippen LogP contribution is 2.28. The van der Waals surface area contributed by atoms with Gasteiger partial charge in [-0.2, -0.15) is 0 Å². The second-order valence-electron chi connectivity index (χ2n) is 4.33. The largest absolute Gasteiger partial charge is 0.488 e. The van der Waals surface area contributed by atoms with Crippen molar-refractivity contribution in [1.29, 1.82) is 0 Å². The number of hydrogen-bond acceptors (Lipinski definition) is 3. The van der Waals surface area contributed by atoms with Gasteiger partial charge < -0.3 is 15.4 Å². The van der Waals surface area contributed by atoms with E-state index in [1.807, 2.05) is 12.1 Å². The molecule has 4 heteroatoms. The highest BCUT2D eigenvalue weighted by molar-refractivity contribution is 6.32. The summed E-state index contributed by atoms with van der Waals surface area (Å²) in [6.45, 7) is 2.11. The van der Waals surface area contributed by atoms with Gasteiger partial charge in [-0.25, -0.2) is 0 Å². The van der Waals surface area contributed by atoms with Crippen molar-refractivity contribution in [3.63, 3.8) is 0 Å². The molecule has 0 saturated carbocycles. The van der Waals surface area contributed by atoms with E-state index in [0.29, 0.717) is 10.7 Å². The van der Waals surface area contributed by atoms with Crippen molar-refractivity contribution in [2.75, 3.05) is 25.9 Å². The van der Waals surface area contributed by atoms with E-state index in [0.717, 1.165) is 25.3 Å². The predicted molar refractivity (Wildman–Crippen MR) is 67.0 cm³/mol. The number of likely N-dealkylation sites (N-methyl/N-ethyl adjacent to an activating group) is 1. The number of rotatable bonds is 2. The summed E-state index contributed by atoms with van der Waals surface area (Å²) in [6.07, 6.45) is 2.50. The SMILES string of the molecule is CN1CCCC(Oc2ccc(N)cc2Cl)C1. The van der Waals surface area contributed by atoms with Gasteiger partial charge in [0.15, 0.2) is 0 Å². The number of nitrogens with zero attached hydrogens (tertiary/aromatic N) is 1. The standard InChI is InChI=1S/C12H17ClN2O/c1-15-6-2-3-10(8-15)16-12-5-4-9(14)7-11(12)13/h4-5,7,10H,2-3,6,8,14H2,1H3. The number of halogens is 1. The van der Waals surface area contributed by atoms with E-state index in [-0.39, 0.29) is 6.10 Å². The lowest BCUT2D eigenvalue weighted by Crippen LogP contribution is -2.38. The summed E-state index contributed by atoms with van der Waals surface area (Å²) in [5, 5.41) is 0.591. The monoisotopic (exact) mass is 240 g/mol. The lowest BCUT2D eigenvalue weighted by molar-refractivity contribution is 0.104. The Bertz CT molecular complexity index is 370. The van der Waals surface area contributed by atoms with Gasteiger partial charge in [0.1, 0.15) is 11.9 Å². The van der Waals surface area contributed by atoms with Crippen LogP contribution >= 0.6 is 11.6 Å². The molecule has 1 heterocycles. The molecule has 1 aliphatic rings. The van der Waals surface area contributed by atoms with Crippen LogP contribution in [0.3, 0.4) is 0 Å². The van der Waals surface area contributed by atoms with Gasteiger partial charge in [0.2, 0.25) is 0 Å². The number of anilines is 1. The zero-order valence-electron chi connectivity index (χ0n) is 9.45. The number of piperidine rings is 1. The summed E-state index contributed by atoms with van der Waals surface area (Å²) >= 11 is 6.07. The van der Waals surface area contributed by atoms with Gasteiger partial charge in [0, 0.05) is 12.2 Å². The third kappa shape index (κ3) is 2.80. The molecule has 1 atom stereocenters. The molecular formula is C12H17ClN2O. The van der Waals surface area contributed by atoms with Crippen molar-refractivity contribution < 1.29 is 4.74 Å². The topological polar surface area (TPSA) is 38.5 Å². The number of hydrogen-bond donors (Lipinski definition) is 1. The van der Waals surface area contributed by atoms with Gasteiger partial charge in [-0.3, -0.25) is 0 Å². The fraction of sp³-hybridized carbons (Fsp3) is 0.500. The Morgan fingerprint density at radius 1 is 1.50 bits per heavy atom. The Morgan fingerprint density at radius 3 is 3.00 bits per heavy atom. The molecule has 1 unspecified atom stereocenters. The van der Waals surface area contributed by atoms with Crippen LogP contribution in [0, 0.1) is 0 Å². The van der Waals surface area contributed by atoms with E-state index < -0.39 is 0 Å². The molecule has 0 spiro atoms. The molecule has 0 amide bonds. The molecule has 2 N–H and O–H groups in total. The molecule has 1 saturated heterocycles. The lowest BCUT2D eigenvalue weighted by Gasteiger charge is -2.30. The smallest absolute Gasteiger partial charge is 0.138 e. The van der Waals surface area contributed by atoms with E-state index in [4.69, 9.17) is 22.1 Å². The summed E-state index contributed by atoms with van der Waals surface area (Å²) in [7, 11) is 2.11. The average Bonchev–Trinajstić information content (AvgIpc) is 2.22. The summed E-state index contributed by atoms with van der Waals surface area (Å²) in [5.74, 6) is 0.733. The number of benzene rings is 1. The second-order valence-corrected chi connectivity index (χ2v) is 4.74. The first kappa shape index (κ1) is 11.6. The molecule has 1 aliphatic heterocycles. The Morgan fingerprint density at radius 2 is 2.31 bits per heavy atom. The van der Waals surface area contributed by atoms with E-state index in [1.165, 1.54) is 6.42 Å². The summed E-state index contributed by atoms with van der Waals surface area (Å²) < 4.78 is 5.88. The molecule has 88 valence electrons. The van der Waals surface area contributed by atoms with Crippen LogP contribution in [0.5, 0.6) is 5.75 Å². The quantitative estimate of drug-likeness (QED) is 0.807. The first-order valence-corrected chi connectivity index (χ1v) is 5.93. The number of nitrogens with two attached hydrogens (primary N) is 1. The average molecular weight is 241 g/mol. The fourth-order valence-electron chi connectivity index (χ4n) is 2.01. The van der Waals surface area contributed by atoms with Gasteiger partial charge in [-0.05, 0) is 44.6 Å². The summed E-state index contributed by atoms with van der Waals surface area (Å²) in [4.78, 5) is 2.28. The maximum Gasteiger partial charge on any atom is 0.138 e. The van der Waals surface area contributed by atoms with Crippen LogP contribution in [0.15, 0.2) is 18.2 Å². The zero-order chi connectivity index (χ0) is 11.5. The van der Waals surface area contributed by atoms with Crippen molar-refractivity contribution >= 4 is 17.3 Å². The normalized spacial score (nSPS) is 22.0. The molecule has 2 rings (SSSR count). The zero-order valence-corrected chi connectivity index (χ0v) is 10.2. The minimum absolute atomic E-state index is 0.236. The molecule has 3 nitrogen and oxygen atoms in total. The maximum absolute atomic E-state index is 6.07. The first-order chi connectivity index (χ1) is 7.65. The molecule has 0 bridgehead atoms. The second kappa shape index (κ2) is 4.93. The van der Waals surface area contributed by atoms with Crippen molar-refractivity contribution in [2.24, 2.45) is 0 Å². The molecular weight excluding hydrogens is 224 g/mol. The van der Waals surface area contributed by atoms with Crippen molar-refractivity contribution in [3.05, 3.63) is 23.2 Å². The Hall–Kier alpha value is -0.930. The van der Waals surface area contributed by atoms with Crippen LogP contribution in [-0.2, 0) is 0 Å². The molecule has 1 aromatic carbocycles. The molecule has 0 aliphatic carbocycles. The summed E-state index contributed by atoms with van der Waals surface area (Å²) in [6, 6.07) is 5.38. The van der Waals surface area contributed by atoms with Gasteiger partial charge in [-0.1, -0.05) is 11.6 Å². The molecule has 16 heavy (non-hydrogen) atoms. The molecule has 0 radical (unpaired) electrons. The lowest BCUT2D eigenvalue weighted by atomic mass is 10.1. The summed E-state index contributed by atoms with van der Waals surface area (Å²) in [5.41, 5.74) is 6.30. The number of nitrogen functional groups attached to an aromatic ring is 1. The fourth-order valence-corrected chi connectivity index (χ4v) is 2.24.